The zero-order valence-electron chi connectivity index (χ0n) is 7.79. The largest absolute Gasteiger partial charge is 0.388 e. The second kappa shape index (κ2) is 3.50. The fourth-order valence-electron chi connectivity index (χ4n) is 1.84. The van der Waals surface area contributed by atoms with Crippen molar-refractivity contribution in [3.8, 4) is 0 Å². The molecule has 1 aromatic rings. The smallest absolute Gasteiger partial charge is 0.0913 e. The Morgan fingerprint density at radius 1 is 1.69 bits per heavy atom. The standard InChI is InChI=1S/C10H14N2S/c1-7(11)12-9-3-2-4-10-8(9)5-6-13-10/h5-6,9H,2-4H2,1H3,(H2,11,12). The number of amidine groups is 1. The first-order valence-electron chi connectivity index (χ1n) is 4.63. The SMILES string of the molecule is CC(N)=NC1CCCc2sccc21. The van der Waals surface area contributed by atoms with Crippen molar-refractivity contribution in [1.82, 2.24) is 0 Å². The van der Waals surface area contributed by atoms with Crippen molar-refractivity contribution < 1.29 is 0 Å². The molecule has 0 radical (unpaired) electrons. The molecule has 70 valence electrons. The van der Waals surface area contributed by atoms with Crippen LogP contribution < -0.4 is 5.73 Å². The Bertz CT molecular complexity index is 323. The lowest BCUT2D eigenvalue weighted by atomic mass is 9.94. The van der Waals surface area contributed by atoms with Gasteiger partial charge in [0.15, 0.2) is 0 Å². The summed E-state index contributed by atoms with van der Waals surface area (Å²) in [6.07, 6.45) is 3.62. The minimum Gasteiger partial charge on any atom is -0.388 e. The predicted octanol–water partition coefficient (Wildman–Crippen LogP) is 2.50. The number of hydrogen-bond acceptors (Lipinski definition) is 2. The first kappa shape index (κ1) is 8.75. The molecular formula is C10H14N2S. The average molecular weight is 194 g/mol. The second-order valence-electron chi connectivity index (χ2n) is 3.48. The number of aliphatic imine (C=N–C) groups is 1. The normalized spacial score (nSPS) is 22.8. The van der Waals surface area contributed by atoms with E-state index in [0.717, 1.165) is 6.42 Å². The van der Waals surface area contributed by atoms with Gasteiger partial charge in [0.1, 0.15) is 0 Å². The van der Waals surface area contributed by atoms with Gasteiger partial charge in [-0.2, -0.15) is 0 Å². The van der Waals surface area contributed by atoms with Crippen LogP contribution >= 0.6 is 11.3 Å². The maximum absolute atomic E-state index is 5.60. The molecule has 2 nitrogen and oxygen atoms in total. The summed E-state index contributed by atoms with van der Waals surface area (Å²) in [4.78, 5) is 5.95. The van der Waals surface area contributed by atoms with E-state index in [0.29, 0.717) is 11.9 Å². The van der Waals surface area contributed by atoms with Crippen molar-refractivity contribution in [3.63, 3.8) is 0 Å². The van der Waals surface area contributed by atoms with Gasteiger partial charge < -0.3 is 5.73 Å². The highest BCUT2D eigenvalue weighted by molar-refractivity contribution is 7.10. The van der Waals surface area contributed by atoms with Crippen LogP contribution in [0.15, 0.2) is 16.4 Å². The minimum absolute atomic E-state index is 0.333. The second-order valence-corrected chi connectivity index (χ2v) is 4.48. The lowest BCUT2D eigenvalue weighted by Crippen LogP contribution is -2.11. The molecule has 1 aromatic heterocycles. The summed E-state index contributed by atoms with van der Waals surface area (Å²) < 4.78 is 0. The van der Waals surface area contributed by atoms with Crippen molar-refractivity contribution in [2.75, 3.05) is 0 Å². The summed E-state index contributed by atoms with van der Waals surface area (Å²) in [5.74, 6) is 0.698. The minimum atomic E-state index is 0.333. The van der Waals surface area contributed by atoms with E-state index >= 15 is 0 Å². The van der Waals surface area contributed by atoms with Gasteiger partial charge >= 0.3 is 0 Å². The fourth-order valence-corrected chi connectivity index (χ4v) is 2.82. The van der Waals surface area contributed by atoms with Gasteiger partial charge in [0.05, 0.1) is 11.9 Å². The average Bonchev–Trinajstić information content (AvgIpc) is 2.51. The van der Waals surface area contributed by atoms with Crippen molar-refractivity contribution >= 4 is 17.2 Å². The van der Waals surface area contributed by atoms with Gasteiger partial charge in [-0.25, -0.2) is 0 Å². The van der Waals surface area contributed by atoms with Gasteiger partial charge in [0.2, 0.25) is 0 Å². The molecule has 2 N–H and O–H groups in total. The fraction of sp³-hybridized carbons (Fsp3) is 0.500. The number of rotatable bonds is 1. The zero-order valence-corrected chi connectivity index (χ0v) is 8.60. The van der Waals surface area contributed by atoms with Gasteiger partial charge in [-0.3, -0.25) is 4.99 Å². The molecule has 3 heteroatoms. The highest BCUT2D eigenvalue weighted by Crippen LogP contribution is 2.35. The molecule has 0 aromatic carbocycles. The van der Waals surface area contributed by atoms with Crippen molar-refractivity contribution in [3.05, 3.63) is 21.9 Å². The van der Waals surface area contributed by atoms with Crippen LogP contribution in [0, 0.1) is 0 Å². The number of fused-ring (bicyclic) bond motifs is 1. The molecule has 1 aliphatic rings. The Balaban J connectivity index is 2.30. The first-order chi connectivity index (χ1) is 6.27. The zero-order chi connectivity index (χ0) is 9.26. The lowest BCUT2D eigenvalue weighted by Gasteiger charge is -2.18. The number of thiophene rings is 1. The predicted molar refractivity (Wildman–Crippen MR) is 57.3 cm³/mol. The molecule has 1 aliphatic carbocycles. The van der Waals surface area contributed by atoms with E-state index < -0.39 is 0 Å². The lowest BCUT2D eigenvalue weighted by molar-refractivity contribution is 0.579. The molecule has 13 heavy (non-hydrogen) atoms. The molecule has 2 rings (SSSR count). The number of nitrogens with two attached hydrogens (primary N) is 1. The van der Waals surface area contributed by atoms with Crippen LogP contribution in [0.25, 0.3) is 0 Å². The summed E-state index contributed by atoms with van der Waals surface area (Å²) in [5, 5.41) is 2.16. The van der Waals surface area contributed by atoms with Crippen molar-refractivity contribution in [1.29, 1.82) is 0 Å². The van der Waals surface area contributed by atoms with Gasteiger partial charge in [-0.15, -0.1) is 11.3 Å². The van der Waals surface area contributed by atoms with Crippen LogP contribution in [0.5, 0.6) is 0 Å². The Morgan fingerprint density at radius 2 is 2.54 bits per heavy atom. The molecule has 0 saturated heterocycles. The van der Waals surface area contributed by atoms with Crippen LogP contribution in [-0.4, -0.2) is 5.84 Å². The highest BCUT2D eigenvalue weighted by atomic mass is 32.1. The van der Waals surface area contributed by atoms with Gasteiger partial charge in [-0.1, -0.05) is 0 Å². The third-order valence-corrected chi connectivity index (χ3v) is 3.38. The first-order valence-corrected chi connectivity index (χ1v) is 5.51. The van der Waals surface area contributed by atoms with Crippen LogP contribution in [0.3, 0.4) is 0 Å². The van der Waals surface area contributed by atoms with Gasteiger partial charge in [0.25, 0.3) is 0 Å². The van der Waals surface area contributed by atoms with Crippen LogP contribution in [0.1, 0.15) is 36.2 Å². The molecule has 0 amide bonds. The summed E-state index contributed by atoms with van der Waals surface area (Å²) in [6.45, 7) is 1.86. The molecular weight excluding hydrogens is 180 g/mol. The monoisotopic (exact) mass is 194 g/mol. The Hall–Kier alpha value is -0.830. The van der Waals surface area contributed by atoms with E-state index in [9.17, 15) is 0 Å². The third kappa shape index (κ3) is 1.75. The van der Waals surface area contributed by atoms with Crippen LogP contribution in [-0.2, 0) is 6.42 Å². The molecule has 1 heterocycles. The van der Waals surface area contributed by atoms with Crippen LogP contribution in [0.2, 0.25) is 0 Å². The maximum Gasteiger partial charge on any atom is 0.0913 e. The Kier molecular flexibility index (Phi) is 2.36. The molecule has 0 bridgehead atoms. The quantitative estimate of drug-likeness (QED) is 0.541. The van der Waals surface area contributed by atoms with Gasteiger partial charge in [0, 0.05) is 4.88 Å². The van der Waals surface area contributed by atoms with E-state index in [4.69, 9.17) is 5.73 Å². The molecule has 1 unspecified atom stereocenters. The van der Waals surface area contributed by atoms with E-state index in [1.165, 1.54) is 23.3 Å². The summed E-state index contributed by atoms with van der Waals surface area (Å²) in [6, 6.07) is 2.52. The van der Waals surface area contributed by atoms with Gasteiger partial charge in [-0.05, 0) is 43.2 Å². The molecule has 0 spiro atoms. The Labute approximate surface area is 82.5 Å². The summed E-state index contributed by atoms with van der Waals surface area (Å²) in [5.41, 5.74) is 7.01. The Morgan fingerprint density at radius 3 is 3.31 bits per heavy atom. The topological polar surface area (TPSA) is 38.4 Å². The number of hydrogen-bond donors (Lipinski definition) is 1. The molecule has 0 saturated carbocycles. The molecule has 1 atom stereocenters. The van der Waals surface area contributed by atoms with Crippen molar-refractivity contribution in [2.45, 2.75) is 32.2 Å². The number of aryl methyl sites for hydroxylation is 1. The van der Waals surface area contributed by atoms with Crippen molar-refractivity contribution in [2.24, 2.45) is 10.7 Å². The summed E-state index contributed by atoms with van der Waals surface area (Å²) in [7, 11) is 0. The van der Waals surface area contributed by atoms with E-state index in [2.05, 4.69) is 16.4 Å². The molecule has 0 aliphatic heterocycles. The van der Waals surface area contributed by atoms with E-state index in [1.807, 2.05) is 18.3 Å². The third-order valence-electron chi connectivity index (χ3n) is 2.38. The summed E-state index contributed by atoms with van der Waals surface area (Å²) >= 11 is 1.85. The van der Waals surface area contributed by atoms with E-state index in [1.54, 1.807) is 0 Å². The molecule has 0 fully saturated rings. The number of nitrogens with zero attached hydrogens (tertiary/aromatic N) is 1. The van der Waals surface area contributed by atoms with E-state index in [-0.39, 0.29) is 0 Å². The van der Waals surface area contributed by atoms with Crippen LogP contribution in [0.4, 0.5) is 0 Å². The highest BCUT2D eigenvalue weighted by Gasteiger charge is 2.19. The maximum atomic E-state index is 5.60.